The molecule has 0 saturated carbocycles. The zero-order valence-electron chi connectivity index (χ0n) is 9.30. The first-order valence-electron chi connectivity index (χ1n) is 5.55. The Labute approximate surface area is 99.7 Å². The fourth-order valence-electron chi connectivity index (χ4n) is 2.08. The van der Waals surface area contributed by atoms with E-state index >= 15 is 0 Å². The molecule has 3 aromatic rings. The molecule has 0 fully saturated rings. The number of hydrogen-bond donors (Lipinski definition) is 1. The summed E-state index contributed by atoms with van der Waals surface area (Å²) in [4.78, 5) is 4.34. The van der Waals surface area contributed by atoms with Crippen LogP contribution in [0.4, 0.5) is 5.69 Å². The summed E-state index contributed by atoms with van der Waals surface area (Å²) in [6, 6.07) is 18.2. The van der Waals surface area contributed by atoms with E-state index in [1.165, 1.54) is 0 Å². The van der Waals surface area contributed by atoms with Crippen molar-refractivity contribution in [3.63, 3.8) is 0 Å². The highest BCUT2D eigenvalue weighted by Crippen LogP contribution is 2.32. The number of fused-ring (bicyclic) bond motifs is 1. The molecule has 0 amide bonds. The molecule has 17 heavy (non-hydrogen) atoms. The van der Waals surface area contributed by atoms with Crippen molar-refractivity contribution in [2.24, 2.45) is 0 Å². The van der Waals surface area contributed by atoms with Gasteiger partial charge in [-0.2, -0.15) is 0 Å². The van der Waals surface area contributed by atoms with Gasteiger partial charge in [-0.05, 0) is 11.6 Å². The first-order chi connectivity index (χ1) is 8.36. The Bertz CT molecular complexity index is 660. The predicted octanol–water partition coefficient (Wildman–Crippen LogP) is 3.48. The van der Waals surface area contributed by atoms with E-state index in [9.17, 15) is 0 Å². The van der Waals surface area contributed by atoms with Gasteiger partial charge in [0.15, 0.2) is 0 Å². The van der Waals surface area contributed by atoms with Crippen molar-refractivity contribution in [2.45, 2.75) is 0 Å². The number of nitrogen functional groups attached to an aromatic ring is 1. The molecule has 0 bridgehead atoms. The van der Waals surface area contributed by atoms with Crippen molar-refractivity contribution in [1.29, 1.82) is 0 Å². The van der Waals surface area contributed by atoms with Crippen LogP contribution in [0.5, 0.6) is 0 Å². The molecule has 0 unspecified atom stereocenters. The van der Waals surface area contributed by atoms with Gasteiger partial charge in [0.25, 0.3) is 0 Å². The van der Waals surface area contributed by atoms with Crippen LogP contribution in [0.3, 0.4) is 0 Å². The second kappa shape index (κ2) is 3.91. The average Bonchev–Trinajstić information content (AvgIpc) is 2.39. The summed E-state index contributed by atoms with van der Waals surface area (Å²) in [5.74, 6) is 0. The Morgan fingerprint density at radius 3 is 2.35 bits per heavy atom. The molecule has 0 atom stereocenters. The van der Waals surface area contributed by atoms with Crippen molar-refractivity contribution in [1.82, 2.24) is 4.98 Å². The summed E-state index contributed by atoms with van der Waals surface area (Å²) in [6.07, 6.45) is 1.73. The second-order valence-corrected chi connectivity index (χ2v) is 3.97. The lowest BCUT2D eigenvalue weighted by molar-refractivity contribution is 1.41. The van der Waals surface area contributed by atoms with Crippen molar-refractivity contribution >= 4 is 16.6 Å². The third-order valence-corrected chi connectivity index (χ3v) is 2.87. The van der Waals surface area contributed by atoms with Gasteiger partial charge in [-0.1, -0.05) is 48.5 Å². The minimum absolute atomic E-state index is 0.718. The van der Waals surface area contributed by atoms with Crippen LogP contribution in [-0.4, -0.2) is 4.98 Å². The van der Waals surface area contributed by atoms with Gasteiger partial charge in [-0.25, -0.2) is 0 Å². The number of anilines is 1. The molecular formula is C15H12N2. The Morgan fingerprint density at radius 2 is 1.53 bits per heavy atom. The summed E-state index contributed by atoms with van der Waals surface area (Å²) >= 11 is 0. The lowest BCUT2D eigenvalue weighted by atomic mass is 10.00. The molecule has 0 saturated heterocycles. The van der Waals surface area contributed by atoms with Crippen LogP contribution in [0.25, 0.3) is 22.0 Å². The second-order valence-electron chi connectivity index (χ2n) is 3.97. The van der Waals surface area contributed by atoms with Crippen molar-refractivity contribution < 1.29 is 0 Å². The molecular weight excluding hydrogens is 208 g/mol. The van der Waals surface area contributed by atoms with E-state index in [4.69, 9.17) is 5.73 Å². The minimum atomic E-state index is 0.718. The van der Waals surface area contributed by atoms with Crippen molar-refractivity contribution in [3.05, 3.63) is 60.8 Å². The zero-order valence-corrected chi connectivity index (χ0v) is 9.30. The number of hydrogen-bond acceptors (Lipinski definition) is 2. The quantitative estimate of drug-likeness (QED) is 0.681. The molecule has 0 aliphatic heterocycles. The fourth-order valence-corrected chi connectivity index (χ4v) is 2.08. The zero-order chi connectivity index (χ0) is 11.7. The van der Waals surface area contributed by atoms with E-state index in [0.29, 0.717) is 0 Å². The van der Waals surface area contributed by atoms with Crippen LogP contribution in [0.15, 0.2) is 60.8 Å². The number of pyridine rings is 1. The maximum atomic E-state index is 6.06. The maximum Gasteiger partial charge on any atom is 0.0709 e. The van der Waals surface area contributed by atoms with E-state index in [1.54, 1.807) is 6.20 Å². The van der Waals surface area contributed by atoms with Crippen LogP contribution in [0.2, 0.25) is 0 Å². The smallest absolute Gasteiger partial charge is 0.0709 e. The van der Waals surface area contributed by atoms with Gasteiger partial charge >= 0.3 is 0 Å². The van der Waals surface area contributed by atoms with Gasteiger partial charge in [0.1, 0.15) is 0 Å². The SMILES string of the molecule is Nc1cnc2ccccc2c1-c1ccccc1. The summed E-state index contributed by atoms with van der Waals surface area (Å²) in [5.41, 5.74) is 9.94. The summed E-state index contributed by atoms with van der Waals surface area (Å²) in [6.45, 7) is 0. The van der Waals surface area contributed by atoms with Crippen LogP contribution in [0, 0.1) is 0 Å². The number of aromatic nitrogens is 1. The monoisotopic (exact) mass is 220 g/mol. The van der Waals surface area contributed by atoms with Gasteiger partial charge in [0.2, 0.25) is 0 Å². The number of rotatable bonds is 1. The largest absolute Gasteiger partial charge is 0.397 e. The molecule has 2 aromatic carbocycles. The highest BCUT2D eigenvalue weighted by Gasteiger charge is 2.07. The standard InChI is InChI=1S/C15H12N2/c16-13-10-17-14-9-5-4-8-12(14)15(13)11-6-2-1-3-7-11/h1-10H,16H2. The number of para-hydroxylation sites is 1. The number of benzene rings is 2. The molecule has 0 aliphatic carbocycles. The Kier molecular flexibility index (Phi) is 2.26. The molecule has 2 heteroatoms. The van der Waals surface area contributed by atoms with Gasteiger partial charge < -0.3 is 5.73 Å². The molecule has 1 aromatic heterocycles. The molecule has 0 radical (unpaired) electrons. The molecule has 2 N–H and O–H groups in total. The van der Waals surface area contributed by atoms with Gasteiger partial charge in [0.05, 0.1) is 17.4 Å². The normalized spacial score (nSPS) is 10.6. The predicted molar refractivity (Wildman–Crippen MR) is 71.6 cm³/mol. The maximum absolute atomic E-state index is 6.06. The summed E-state index contributed by atoms with van der Waals surface area (Å²) in [5, 5.41) is 1.10. The fraction of sp³-hybridized carbons (Fsp3) is 0. The summed E-state index contributed by atoms with van der Waals surface area (Å²) in [7, 11) is 0. The molecule has 0 spiro atoms. The molecule has 3 rings (SSSR count). The minimum Gasteiger partial charge on any atom is -0.397 e. The van der Waals surface area contributed by atoms with Crippen LogP contribution >= 0.6 is 0 Å². The van der Waals surface area contributed by atoms with Crippen LogP contribution in [0.1, 0.15) is 0 Å². The topological polar surface area (TPSA) is 38.9 Å². The van der Waals surface area contributed by atoms with Gasteiger partial charge in [-0.3, -0.25) is 4.98 Å². The van der Waals surface area contributed by atoms with E-state index < -0.39 is 0 Å². The van der Waals surface area contributed by atoms with Crippen molar-refractivity contribution in [2.75, 3.05) is 5.73 Å². The van der Waals surface area contributed by atoms with Gasteiger partial charge in [0, 0.05) is 10.9 Å². The van der Waals surface area contributed by atoms with E-state index in [-0.39, 0.29) is 0 Å². The Hall–Kier alpha value is -2.35. The van der Waals surface area contributed by atoms with E-state index in [0.717, 1.165) is 27.7 Å². The van der Waals surface area contributed by atoms with Crippen LogP contribution in [-0.2, 0) is 0 Å². The molecule has 1 heterocycles. The Morgan fingerprint density at radius 1 is 0.824 bits per heavy atom. The van der Waals surface area contributed by atoms with Crippen molar-refractivity contribution in [3.8, 4) is 11.1 Å². The highest BCUT2D eigenvalue weighted by atomic mass is 14.7. The van der Waals surface area contributed by atoms with Gasteiger partial charge in [-0.15, -0.1) is 0 Å². The lowest BCUT2D eigenvalue weighted by Crippen LogP contribution is -1.93. The third kappa shape index (κ3) is 1.64. The first-order valence-corrected chi connectivity index (χ1v) is 5.55. The lowest BCUT2D eigenvalue weighted by Gasteiger charge is -2.09. The first kappa shape index (κ1) is 9.85. The van der Waals surface area contributed by atoms with E-state index in [1.807, 2.05) is 36.4 Å². The molecule has 82 valence electrons. The van der Waals surface area contributed by atoms with E-state index in [2.05, 4.69) is 23.2 Å². The average molecular weight is 220 g/mol. The van der Waals surface area contributed by atoms with Crippen LogP contribution < -0.4 is 5.73 Å². The molecule has 2 nitrogen and oxygen atoms in total. The third-order valence-electron chi connectivity index (χ3n) is 2.87. The highest BCUT2D eigenvalue weighted by molar-refractivity contribution is 5.99. The number of nitrogens with zero attached hydrogens (tertiary/aromatic N) is 1. The number of nitrogens with two attached hydrogens (primary N) is 1. The molecule has 0 aliphatic rings. The Balaban J connectivity index is 2.39. The summed E-state index contributed by atoms with van der Waals surface area (Å²) < 4.78 is 0.